The van der Waals surface area contributed by atoms with Gasteiger partial charge in [0.15, 0.2) is 0 Å². The zero-order valence-electron chi connectivity index (χ0n) is 11.8. The summed E-state index contributed by atoms with van der Waals surface area (Å²) in [6.07, 6.45) is 5.00. The molecule has 2 unspecified atom stereocenters. The minimum Gasteiger partial charge on any atom is -0.397 e. The van der Waals surface area contributed by atoms with Crippen LogP contribution in [0.5, 0.6) is 0 Å². The Hall–Kier alpha value is -1.34. The van der Waals surface area contributed by atoms with Gasteiger partial charge < -0.3 is 11.1 Å². The van der Waals surface area contributed by atoms with E-state index < -0.39 is 0 Å². The van der Waals surface area contributed by atoms with Crippen LogP contribution in [0.4, 0.5) is 5.69 Å². The van der Waals surface area contributed by atoms with E-state index in [4.69, 9.17) is 5.73 Å². The summed E-state index contributed by atoms with van der Waals surface area (Å²) in [5.41, 5.74) is 6.60. The van der Waals surface area contributed by atoms with Crippen LogP contribution in [-0.4, -0.2) is 33.1 Å². The number of hydrogen-bond acceptors (Lipinski definition) is 6. The van der Waals surface area contributed by atoms with Crippen LogP contribution in [0.1, 0.15) is 35.9 Å². The third kappa shape index (κ3) is 2.85. The van der Waals surface area contributed by atoms with Gasteiger partial charge in [-0.25, -0.2) is 0 Å². The molecule has 0 radical (unpaired) electrons. The second-order valence-corrected chi connectivity index (χ2v) is 7.61. The first-order chi connectivity index (χ1) is 10.2. The van der Waals surface area contributed by atoms with Crippen LogP contribution < -0.4 is 11.1 Å². The number of nitrogens with two attached hydrogens (primary N) is 1. The van der Waals surface area contributed by atoms with Gasteiger partial charge in [-0.05, 0) is 24.7 Å². The first-order valence-corrected chi connectivity index (χ1v) is 8.99. The van der Waals surface area contributed by atoms with Crippen molar-refractivity contribution in [3.63, 3.8) is 0 Å². The van der Waals surface area contributed by atoms with Crippen LogP contribution in [0, 0.1) is 0 Å². The van der Waals surface area contributed by atoms with Crippen LogP contribution in [0.25, 0.3) is 10.2 Å². The van der Waals surface area contributed by atoms with Gasteiger partial charge in [0.2, 0.25) is 0 Å². The molecule has 3 rings (SSSR count). The van der Waals surface area contributed by atoms with Crippen LogP contribution >= 0.6 is 23.1 Å². The molecule has 5 nitrogen and oxygen atoms in total. The molecule has 2 aromatic rings. The fourth-order valence-electron chi connectivity index (χ4n) is 2.78. The zero-order chi connectivity index (χ0) is 14.8. The van der Waals surface area contributed by atoms with Gasteiger partial charge in [-0.2, -0.15) is 16.9 Å². The van der Waals surface area contributed by atoms with Gasteiger partial charge in [0.05, 0.1) is 11.9 Å². The lowest BCUT2D eigenvalue weighted by atomic mass is 10.2. The summed E-state index contributed by atoms with van der Waals surface area (Å²) >= 11 is 3.24. The molecule has 0 saturated heterocycles. The Morgan fingerprint density at radius 1 is 1.57 bits per heavy atom. The summed E-state index contributed by atoms with van der Waals surface area (Å²) in [5, 5.41) is 12.3. The monoisotopic (exact) mass is 322 g/mol. The number of carbonyl (C=O) groups is 1. The summed E-state index contributed by atoms with van der Waals surface area (Å²) in [6.45, 7) is 2.16. The highest BCUT2D eigenvalue weighted by Crippen LogP contribution is 2.33. The average molecular weight is 322 g/mol. The van der Waals surface area contributed by atoms with Crippen molar-refractivity contribution in [3.8, 4) is 0 Å². The predicted octanol–water partition coefficient (Wildman–Crippen LogP) is 2.68. The molecule has 2 heterocycles. The smallest absolute Gasteiger partial charge is 0.263 e. The van der Waals surface area contributed by atoms with Gasteiger partial charge in [-0.1, -0.05) is 13.3 Å². The second-order valence-electron chi connectivity index (χ2n) is 5.10. The number of carbonyl (C=O) groups excluding carboxylic acids is 1. The number of rotatable bonds is 4. The molecular weight excluding hydrogens is 304 g/mol. The Labute approximate surface area is 131 Å². The number of nitrogens with zero attached hydrogens (tertiary/aromatic N) is 2. The van der Waals surface area contributed by atoms with Crippen molar-refractivity contribution in [2.24, 2.45) is 0 Å². The molecule has 21 heavy (non-hydrogen) atoms. The number of nitrogen functional groups attached to an aromatic ring is 1. The Morgan fingerprint density at radius 3 is 3.19 bits per heavy atom. The molecule has 0 aliphatic heterocycles. The van der Waals surface area contributed by atoms with E-state index in [1.807, 2.05) is 11.8 Å². The summed E-state index contributed by atoms with van der Waals surface area (Å²) in [4.78, 5) is 13.8. The van der Waals surface area contributed by atoms with E-state index in [9.17, 15) is 4.79 Å². The highest BCUT2D eigenvalue weighted by molar-refractivity contribution is 7.99. The normalized spacial score (nSPS) is 21.8. The molecule has 0 aromatic carbocycles. The molecule has 1 aliphatic rings. The van der Waals surface area contributed by atoms with E-state index >= 15 is 0 Å². The molecule has 112 valence electrons. The molecule has 7 heteroatoms. The van der Waals surface area contributed by atoms with Gasteiger partial charge >= 0.3 is 0 Å². The molecule has 0 bridgehead atoms. The van der Waals surface area contributed by atoms with Crippen LogP contribution in [0.15, 0.2) is 12.3 Å². The minimum absolute atomic E-state index is 0.0795. The van der Waals surface area contributed by atoms with E-state index in [0.29, 0.717) is 20.6 Å². The van der Waals surface area contributed by atoms with Crippen molar-refractivity contribution in [3.05, 3.63) is 17.1 Å². The van der Waals surface area contributed by atoms with Crippen LogP contribution in [0.3, 0.4) is 0 Å². The maximum atomic E-state index is 12.5. The number of nitrogens with one attached hydrogen (secondary N) is 1. The topological polar surface area (TPSA) is 80.9 Å². The standard InChI is InChI=1S/C14H18N4OS2/c1-2-20-10-5-3-4-9(10)17-13(19)12-11(15)8-6-7-16-18-14(8)21-12/h6-7,9-10H,2-5,15H2,1H3,(H,17,19). The fourth-order valence-corrected chi connectivity index (χ4v) is 4.92. The third-order valence-corrected chi connectivity index (χ3v) is 6.21. The van der Waals surface area contributed by atoms with Crippen molar-refractivity contribution < 1.29 is 4.79 Å². The number of aromatic nitrogens is 2. The highest BCUT2D eigenvalue weighted by Gasteiger charge is 2.29. The molecule has 0 spiro atoms. The molecule has 3 N–H and O–H groups in total. The molecule has 1 saturated carbocycles. The number of thiophene rings is 1. The van der Waals surface area contributed by atoms with Gasteiger partial charge in [0, 0.05) is 16.7 Å². The van der Waals surface area contributed by atoms with Crippen molar-refractivity contribution in [1.82, 2.24) is 15.5 Å². The van der Waals surface area contributed by atoms with Gasteiger partial charge in [0.25, 0.3) is 5.91 Å². The van der Waals surface area contributed by atoms with E-state index in [1.165, 1.54) is 24.2 Å². The predicted molar refractivity (Wildman–Crippen MR) is 88.9 cm³/mol. The van der Waals surface area contributed by atoms with Gasteiger partial charge in [0.1, 0.15) is 9.71 Å². The maximum absolute atomic E-state index is 12.5. The molecular formula is C14H18N4OS2. The summed E-state index contributed by atoms with van der Waals surface area (Å²) < 4.78 is 0. The summed E-state index contributed by atoms with van der Waals surface area (Å²) in [7, 11) is 0. The fraction of sp³-hybridized carbons (Fsp3) is 0.500. The van der Waals surface area contributed by atoms with Crippen molar-refractivity contribution in [1.29, 1.82) is 0 Å². The van der Waals surface area contributed by atoms with Gasteiger partial charge in [-0.15, -0.1) is 16.4 Å². The lowest BCUT2D eigenvalue weighted by Gasteiger charge is -2.19. The Kier molecular flexibility index (Phi) is 4.30. The first kappa shape index (κ1) is 14.6. The number of hydrogen-bond donors (Lipinski definition) is 2. The molecule has 1 amide bonds. The third-order valence-electron chi connectivity index (χ3n) is 3.78. The van der Waals surface area contributed by atoms with Gasteiger partial charge in [-0.3, -0.25) is 4.79 Å². The lowest BCUT2D eigenvalue weighted by Crippen LogP contribution is -2.38. The maximum Gasteiger partial charge on any atom is 0.263 e. The SMILES string of the molecule is CCSC1CCCC1NC(=O)c1sc2nnccc2c1N. The van der Waals surface area contributed by atoms with E-state index in [0.717, 1.165) is 17.6 Å². The average Bonchev–Trinajstić information content (AvgIpc) is 3.05. The van der Waals surface area contributed by atoms with Crippen molar-refractivity contribution in [2.45, 2.75) is 37.5 Å². The van der Waals surface area contributed by atoms with Crippen LogP contribution in [0.2, 0.25) is 0 Å². The minimum atomic E-state index is -0.0795. The van der Waals surface area contributed by atoms with Crippen molar-refractivity contribution >= 4 is 44.9 Å². The first-order valence-electron chi connectivity index (χ1n) is 7.12. The molecule has 2 atom stereocenters. The summed E-state index contributed by atoms with van der Waals surface area (Å²) in [6, 6.07) is 2.05. The second kappa shape index (κ2) is 6.19. The Balaban J connectivity index is 1.79. The lowest BCUT2D eigenvalue weighted by molar-refractivity contribution is 0.0943. The van der Waals surface area contributed by atoms with E-state index in [-0.39, 0.29) is 11.9 Å². The number of amides is 1. The quantitative estimate of drug-likeness (QED) is 0.904. The molecule has 1 aliphatic carbocycles. The highest BCUT2D eigenvalue weighted by atomic mass is 32.2. The van der Waals surface area contributed by atoms with E-state index in [1.54, 1.807) is 12.3 Å². The molecule has 2 aromatic heterocycles. The van der Waals surface area contributed by atoms with Crippen LogP contribution in [-0.2, 0) is 0 Å². The largest absolute Gasteiger partial charge is 0.397 e. The van der Waals surface area contributed by atoms with Crippen molar-refractivity contribution in [2.75, 3.05) is 11.5 Å². The number of thioether (sulfide) groups is 1. The summed E-state index contributed by atoms with van der Waals surface area (Å²) in [5.74, 6) is 1.00. The number of anilines is 1. The zero-order valence-corrected chi connectivity index (χ0v) is 13.5. The van der Waals surface area contributed by atoms with E-state index in [2.05, 4.69) is 22.4 Å². The number of fused-ring (bicyclic) bond motifs is 1. The Morgan fingerprint density at radius 2 is 2.43 bits per heavy atom. The Bertz CT molecular complexity index is 657. The molecule has 1 fully saturated rings.